The van der Waals surface area contributed by atoms with E-state index in [9.17, 15) is 4.79 Å². The summed E-state index contributed by atoms with van der Waals surface area (Å²) in [7, 11) is 3.30. The van der Waals surface area contributed by atoms with Crippen molar-refractivity contribution in [3.05, 3.63) is 0 Å². The fraction of sp³-hybridized carbons (Fsp3) is 0.778. The summed E-state index contributed by atoms with van der Waals surface area (Å²) in [5.41, 5.74) is 5.29. The maximum absolute atomic E-state index is 11.4. The molecule has 3 N–H and O–H groups in total. The molecule has 0 heterocycles. The third kappa shape index (κ3) is 6.73. The van der Waals surface area contributed by atoms with Gasteiger partial charge in [-0.1, -0.05) is 5.16 Å². The monoisotopic (exact) mass is 217 g/mol. The molecular weight excluding hydrogens is 198 g/mol. The summed E-state index contributed by atoms with van der Waals surface area (Å²) in [6, 6.07) is 0. The summed E-state index contributed by atoms with van der Waals surface area (Å²) in [6.45, 7) is 1.04. The van der Waals surface area contributed by atoms with Gasteiger partial charge in [-0.15, -0.1) is 0 Å². The van der Waals surface area contributed by atoms with Crippen molar-refractivity contribution in [2.24, 2.45) is 10.9 Å². The first-order valence-corrected chi connectivity index (χ1v) is 4.81. The summed E-state index contributed by atoms with van der Waals surface area (Å²) in [5, 5.41) is 11.1. The lowest BCUT2D eigenvalue weighted by Crippen LogP contribution is -2.30. The molecule has 0 spiro atoms. The van der Waals surface area contributed by atoms with Gasteiger partial charge in [-0.2, -0.15) is 0 Å². The van der Waals surface area contributed by atoms with Crippen LogP contribution < -0.4 is 5.73 Å². The second kappa shape index (κ2) is 8.05. The number of methoxy groups -OCH3 is 1. The van der Waals surface area contributed by atoms with E-state index in [-0.39, 0.29) is 11.7 Å². The smallest absolute Gasteiger partial charge is 0.222 e. The van der Waals surface area contributed by atoms with E-state index in [0.29, 0.717) is 32.4 Å². The van der Waals surface area contributed by atoms with Gasteiger partial charge in [-0.05, 0) is 6.42 Å². The highest BCUT2D eigenvalue weighted by atomic mass is 16.5. The fourth-order valence-corrected chi connectivity index (χ4v) is 1.02. The number of nitrogens with zero attached hydrogens (tertiary/aromatic N) is 2. The molecule has 0 aromatic rings. The summed E-state index contributed by atoms with van der Waals surface area (Å²) in [5.74, 6) is 0.171. The van der Waals surface area contributed by atoms with Crippen LogP contribution in [0.3, 0.4) is 0 Å². The molecule has 0 aliphatic carbocycles. The van der Waals surface area contributed by atoms with Crippen LogP contribution in [0.25, 0.3) is 0 Å². The Bertz CT molecular complexity index is 219. The molecule has 6 nitrogen and oxygen atoms in total. The Morgan fingerprint density at radius 3 is 2.73 bits per heavy atom. The standard InChI is InChI=1S/C9H19N3O3/c1-12(6-5-8(10)11-14)9(13)4-3-7-15-2/h14H,3-7H2,1-2H3,(H2,10,11). The Hall–Kier alpha value is -1.30. The molecule has 0 aromatic carbocycles. The van der Waals surface area contributed by atoms with Crippen molar-refractivity contribution >= 4 is 11.7 Å². The average Bonchev–Trinajstić information content (AvgIpc) is 2.25. The minimum atomic E-state index is 0.0396. The van der Waals surface area contributed by atoms with Crippen LogP contribution in [0.1, 0.15) is 19.3 Å². The highest BCUT2D eigenvalue weighted by Crippen LogP contribution is 1.97. The largest absolute Gasteiger partial charge is 0.409 e. The lowest BCUT2D eigenvalue weighted by molar-refractivity contribution is -0.130. The van der Waals surface area contributed by atoms with Gasteiger partial charge in [-0.25, -0.2) is 0 Å². The van der Waals surface area contributed by atoms with E-state index in [4.69, 9.17) is 15.7 Å². The Kier molecular flexibility index (Phi) is 7.35. The van der Waals surface area contributed by atoms with Crippen molar-refractivity contribution in [1.29, 1.82) is 0 Å². The molecule has 6 heteroatoms. The van der Waals surface area contributed by atoms with Gasteiger partial charge in [0.1, 0.15) is 5.84 Å². The lowest BCUT2D eigenvalue weighted by Gasteiger charge is -2.16. The Labute approximate surface area is 89.7 Å². The van der Waals surface area contributed by atoms with Gasteiger partial charge in [-0.3, -0.25) is 4.79 Å². The molecule has 0 bridgehead atoms. The van der Waals surface area contributed by atoms with Crippen molar-refractivity contribution in [1.82, 2.24) is 4.90 Å². The zero-order valence-corrected chi connectivity index (χ0v) is 9.27. The van der Waals surface area contributed by atoms with Gasteiger partial charge in [0, 0.05) is 40.2 Å². The SMILES string of the molecule is COCCCC(=O)N(C)CCC(N)=NO. The minimum absolute atomic E-state index is 0.0396. The molecule has 0 aliphatic heterocycles. The van der Waals surface area contributed by atoms with Crippen LogP contribution in [0, 0.1) is 0 Å². The number of hydrogen-bond acceptors (Lipinski definition) is 4. The summed E-state index contributed by atoms with van der Waals surface area (Å²) >= 11 is 0. The molecule has 0 atom stereocenters. The molecule has 0 unspecified atom stereocenters. The van der Waals surface area contributed by atoms with Gasteiger partial charge < -0.3 is 20.6 Å². The Balaban J connectivity index is 3.69. The zero-order chi connectivity index (χ0) is 11.7. The van der Waals surface area contributed by atoms with Crippen LogP contribution in [0.15, 0.2) is 5.16 Å². The molecule has 0 saturated heterocycles. The van der Waals surface area contributed by atoms with E-state index in [2.05, 4.69) is 5.16 Å². The summed E-state index contributed by atoms with van der Waals surface area (Å²) < 4.78 is 4.84. The van der Waals surface area contributed by atoms with Crippen LogP contribution in [0.2, 0.25) is 0 Å². The number of carbonyl (C=O) groups is 1. The maximum atomic E-state index is 11.4. The van der Waals surface area contributed by atoms with Gasteiger partial charge in [0.05, 0.1) is 0 Å². The molecule has 1 amide bonds. The van der Waals surface area contributed by atoms with E-state index in [0.717, 1.165) is 0 Å². The third-order valence-electron chi connectivity index (χ3n) is 2.00. The highest BCUT2D eigenvalue weighted by molar-refractivity contribution is 5.81. The number of amidine groups is 1. The molecule has 0 radical (unpaired) electrons. The minimum Gasteiger partial charge on any atom is -0.409 e. The van der Waals surface area contributed by atoms with Crippen molar-refractivity contribution in [2.45, 2.75) is 19.3 Å². The zero-order valence-electron chi connectivity index (χ0n) is 9.27. The molecule has 0 aliphatic rings. The number of nitrogens with two attached hydrogens (primary N) is 1. The van der Waals surface area contributed by atoms with Gasteiger partial charge in [0.15, 0.2) is 0 Å². The van der Waals surface area contributed by atoms with Crippen LogP contribution in [0.5, 0.6) is 0 Å². The van der Waals surface area contributed by atoms with E-state index >= 15 is 0 Å². The van der Waals surface area contributed by atoms with Crippen LogP contribution in [-0.4, -0.2) is 49.2 Å². The van der Waals surface area contributed by atoms with E-state index in [1.165, 1.54) is 0 Å². The van der Waals surface area contributed by atoms with Gasteiger partial charge in [0.2, 0.25) is 5.91 Å². The number of carbonyl (C=O) groups excluding carboxylic acids is 1. The molecule has 0 rings (SSSR count). The van der Waals surface area contributed by atoms with Gasteiger partial charge >= 0.3 is 0 Å². The molecule has 0 fully saturated rings. The molecule has 0 aromatic heterocycles. The molecule has 88 valence electrons. The second-order valence-electron chi connectivity index (χ2n) is 3.25. The summed E-state index contributed by atoms with van der Waals surface area (Å²) in [6.07, 6.45) is 1.55. The second-order valence-corrected chi connectivity index (χ2v) is 3.25. The number of ether oxygens (including phenoxy) is 1. The van der Waals surface area contributed by atoms with Crippen LogP contribution in [0.4, 0.5) is 0 Å². The maximum Gasteiger partial charge on any atom is 0.222 e. The Morgan fingerprint density at radius 1 is 1.53 bits per heavy atom. The van der Waals surface area contributed by atoms with Crippen LogP contribution >= 0.6 is 0 Å². The topological polar surface area (TPSA) is 88.2 Å². The van der Waals surface area contributed by atoms with E-state index < -0.39 is 0 Å². The predicted octanol–water partition coefficient (Wildman–Crippen LogP) is 0.00790. The average molecular weight is 217 g/mol. The number of oxime groups is 1. The fourth-order valence-electron chi connectivity index (χ4n) is 1.02. The quantitative estimate of drug-likeness (QED) is 0.207. The van der Waals surface area contributed by atoms with E-state index in [1.54, 1.807) is 19.1 Å². The van der Waals surface area contributed by atoms with Crippen molar-refractivity contribution in [2.75, 3.05) is 27.3 Å². The normalized spacial score (nSPS) is 11.5. The Morgan fingerprint density at radius 2 is 2.20 bits per heavy atom. The van der Waals surface area contributed by atoms with Crippen molar-refractivity contribution in [3.8, 4) is 0 Å². The van der Waals surface area contributed by atoms with Crippen molar-refractivity contribution in [3.63, 3.8) is 0 Å². The third-order valence-corrected chi connectivity index (χ3v) is 2.00. The first kappa shape index (κ1) is 13.7. The highest BCUT2D eigenvalue weighted by Gasteiger charge is 2.08. The number of hydrogen-bond donors (Lipinski definition) is 2. The van der Waals surface area contributed by atoms with E-state index in [1.807, 2.05) is 0 Å². The first-order chi connectivity index (χ1) is 7.11. The molecular formula is C9H19N3O3. The number of rotatable bonds is 7. The first-order valence-electron chi connectivity index (χ1n) is 4.81. The predicted molar refractivity (Wildman–Crippen MR) is 56.8 cm³/mol. The molecule has 0 saturated carbocycles. The van der Waals surface area contributed by atoms with Gasteiger partial charge in [0.25, 0.3) is 0 Å². The van der Waals surface area contributed by atoms with Crippen molar-refractivity contribution < 1.29 is 14.7 Å². The molecule has 15 heavy (non-hydrogen) atoms. The lowest BCUT2D eigenvalue weighted by atomic mass is 10.3. The number of amides is 1. The summed E-state index contributed by atoms with van der Waals surface area (Å²) in [4.78, 5) is 13.0. The van der Waals surface area contributed by atoms with Crippen LogP contribution in [-0.2, 0) is 9.53 Å².